The minimum atomic E-state index is -0.122. The van der Waals surface area contributed by atoms with E-state index in [0.717, 1.165) is 43.6 Å². The van der Waals surface area contributed by atoms with Crippen LogP contribution >= 0.6 is 0 Å². The third-order valence-electron chi connectivity index (χ3n) is 5.32. The first-order chi connectivity index (χ1) is 13.5. The van der Waals surface area contributed by atoms with E-state index in [0.29, 0.717) is 5.92 Å². The normalized spacial score (nSPS) is 15.7. The molecule has 2 aromatic carbocycles. The molecular formula is C23H29N3O2. The van der Waals surface area contributed by atoms with Gasteiger partial charge in [0.2, 0.25) is 5.91 Å². The zero-order valence-corrected chi connectivity index (χ0v) is 16.7. The lowest BCUT2D eigenvalue weighted by atomic mass is 9.90. The van der Waals surface area contributed by atoms with Crippen LogP contribution in [-0.2, 0) is 11.2 Å². The maximum absolute atomic E-state index is 12.7. The number of carbonyl (C=O) groups excluding carboxylic acids is 2. The summed E-state index contributed by atoms with van der Waals surface area (Å²) in [7, 11) is 0. The maximum atomic E-state index is 12.7. The molecule has 1 aliphatic rings. The Morgan fingerprint density at radius 3 is 2.46 bits per heavy atom. The Kier molecular flexibility index (Phi) is 6.69. The molecule has 1 heterocycles. The molecule has 2 N–H and O–H groups in total. The highest BCUT2D eigenvalue weighted by molar-refractivity contribution is 5.88. The third-order valence-corrected chi connectivity index (χ3v) is 5.32. The summed E-state index contributed by atoms with van der Waals surface area (Å²) in [6, 6.07) is 18.0. The summed E-state index contributed by atoms with van der Waals surface area (Å²) in [4.78, 5) is 25.8. The summed E-state index contributed by atoms with van der Waals surface area (Å²) in [5.74, 6) is 0.533. The Balaban J connectivity index is 1.49. The first-order valence-corrected chi connectivity index (χ1v) is 9.98. The molecule has 0 unspecified atom stereocenters. The first-order valence-electron chi connectivity index (χ1n) is 9.98. The molecular weight excluding hydrogens is 350 g/mol. The average molecular weight is 380 g/mol. The van der Waals surface area contributed by atoms with E-state index in [1.165, 1.54) is 12.5 Å². The van der Waals surface area contributed by atoms with E-state index in [4.69, 9.17) is 0 Å². The summed E-state index contributed by atoms with van der Waals surface area (Å²) in [6.45, 7) is 5.04. The van der Waals surface area contributed by atoms with Gasteiger partial charge >= 0.3 is 6.03 Å². The molecule has 0 aromatic heterocycles. The lowest BCUT2D eigenvalue weighted by Gasteiger charge is -2.33. The predicted molar refractivity (Wildman–Crippen MR) is 112 cm³/mol. The zero-order valence-electron chi connectivity index (χ0n) is 16.7. The third kappa shape index (κ3) is 5.59. The van der Waals surface area contributed by atoms with Crippen LogP contribution < -0.4 is 10.6 Å². The number of carbonyl (C=O) groups is 2. The van der Waals surface area contributed by atoms with Crippen molar-refractivity contribution in [1.29, 1.82) is 0 Å². The summed E-state index contributed by atoms with van der Waals surface area (Å²) in [5, 5.41) is 5.86. The Bertz CT molecular complexity index is 799. The number of benzene rings is 2. The molecule has 1 saturated heterocycles. The number of urea groups is 1. The average Bonchev–Trinajstić information content (AvgIpc) is 2.69. The number of rotatable bonds is 5. The molecule has 0 aliphatic carbocycles. The number of nitrogens with zero attached hydrogens (tertiary/aromatic N) is 1. The molecule has 3 rings (SSSR count). The van der Waals surface area contributed by atoms with E-state index < -0.39 is 0 Å². The van der Waals surface area contributed by atoms with Crippen LogP contribution in [0, 0.1) is 5.92 Å². The van der Waals surface area contributed by atoms with Gasteiger partial charge in [-0.25, -0.2) is 4.79 Å². The predicted octanol–water partition coefficient (Wildman–Crippen LogP) is 4.37. The maximum Gasteiger partial charge on any atom is 0.317 e. The van der Waals surface area contributed by atoms with Crippen molar-refractivity contribution in [3.8, 4) is 0 Å². The molecule has 28 heavy (non-hydrogen) atoms. The van der Waals surface area contributed by atoms with Crippen LogP contribution in [0.5, 0.6) is 0 Å². The topological polar surface area (TPSA) is 61.4 Å². The Hall–Kier alpha value is -2.82. The molecule has 0 bridgehead atoms. The fourth-order valence-corrected chi connectivity index (χ4v) is 3.74. The van der Waals surface area contributed by atoms with E-state index in [1.54, 1.807) is 0 Å². The van der Waals surface area contributed by atoms with Gasteiger partial charge in [-0.1, -0.05) is 42.5 Å². The lowest BCUT2D eigenvalue weighted by molar-refractivity contribution is -0.114. The van der Waals surface area contributed by atoms with Crippen molar-refractivity contribution in [2.45, 2.75) is 39.2 Å². The van der Waals surface area contributed by atoms with Gasteiger partial charge in [0.15, 0.2) is 0 Å². The highest BCUT2D eigenvalue weighted by atomic mass is 16.2. The molecule has 1 fully saturated rings. The van der Waals surface area contributed by atoms with Gasteiger partial charge in [-0.3, -0.25) is 4.79 Å². The Labute approximate surface area is 167 Å². The number of nitrogens with one attached hydrogen (secondary N) is 2. The van der Waals surface area contributed by atoms with Crippen molar-refractivity contribution in [2.24, 2.45) is 5.92 Å². The minimum absolute atomic E-state index is 0.0180. The molecule has 148 valence electrons. The van der Waals surface area contributed by atoms with Gasteiger partial charge < -0.3 is 15.5 Å². The van der Waals surface area contributed by atoms with Crippen LogP contribution in [-0.4, -0.2) is 29.9 Å². The van der Waals surface area contributed by atoms with E-state index in [9.17, 15) is 9.59 Å². The van der Waals surface area contributed by atoms with Crippen molar-refractivity contribution in [1.82, 2.24) is 10.2 Å². The lowest BCUT2D eigenvalue weighted by Crippen LogP contribution is -2.45. The fraction of sp³-hybridized carbons (Fsp3) is 0.391. The van der Waals surface area contributed by atoms with Crippen LogP contribution in [0.1, 0.15) is 43.9 Å². The molecule has 0 radical (unpaired) electrons. The van der Waals surface area contributed by atoms with Crippen molar-refractivity contribution in [2.75, 3.05) is 18.4 Å². The van der Waals surface area contributed by atoms with Crippen LogP contribution in [0.25, 0.3) is 0 Å². The molecule has 2 aromatic rings. The van der Waals surface area contributed by atoms with Gasteiger partial charge in [0.1, 0.15) is 0 Å². The summed E-state index contributed by atoms with van der Waals surface area (Å²) in [5.41, 5.74) is 3.09. The largest absolute Gasteiger partial charge is 0.331 e. The van der Waals surface area contributed by atoms with Crippen LogP contribution in [0.2, 0.25) is 0 Å². The number of hydrogen-bond donors (Lipinski definition) is 2. The number of likely N-dealkylation sites (tertiary alicyclic amines) is 1. The molecule has 0 saturated carbocycles. The molecule has 1 atom stereocenters. The number of hydrogen-bond acceptors (Lipinski definition) is 2. The summed E-state index contributed by atoms with van der Waals surface area (Å²) < 4.78 is 0. The summed E-state index contributed by atoms with van der Waals surface area (Å²) >= 11 is 0. The van der Waals surface area contributed by atoms with E-state index in [1.807, 2.05) is 42.2 Å². The first kappa shape index (κ1) is 19.9. The molecule has 3 amide bonds. The van der Waals surface area contributed by atoms with E-state index in [2.05, 4.69) is 34.9 Å². The smallest absolute Gasteiger partial charge is 0.317 e. The second-order valence-corrected chi connectivity index (χ2v) is 7.60. The van der Waals surface area contributed by atoms with Gasteiger partial charge in [0.05, 0.1) is 6.04 Å². The van der Waals surface area contributed by atoms with Gasteiger partial charge in [-0.15, -0.1) is 0 Å². The van der Waals surface area contributed by atoms with E-state index >= 15 is 0 Å². The Morgan fingerprint density at radius 1 is 1.07 bits per heavy atom. The van der Waals surface area contributed by atoms with Crippen LogP contribution in [0.15, 0.2) is 54.6 Å². The van der Waals surface area contributed by atoms with Gasteiger partial charge in [0.25, 0.3) is 0 Å². The van der Waals surface area contributed by atoms with Crippen molar-refractivity contribution < 1.29 is 9.59 Å². The Morgan fingerprint density at radius 2 is 1.79 bits per heavy atom. The second-order valence-electron chi connectivity index (χ2n) is 7.60. The quantitative estimate of drug-likeness (QED) is 0.810. The summed E-state index contributed by atoms with van der Waals surface area (Å²) in [6.07, 6.45) is 3.16. The van der Waals surface area contributed by atoms with Gasteiger partial charge in [0, 0.05) is 25.7 Å². The molecule has 1 aliphatic heterocycles. The molecule has 0 spiro atoms. The number of anilines is 1. The van der Waals surface area contributed by atoms with Gasteiger partial charge in [-0.2, -0.15) is 0 Å². The standard InChI is InChI=1S/C23H29N3O2/c1-17(21-9-6-10-22(16-21)25-18(2)27)24-23(28)26-13-11-20(12-14-26)15-19-7-4-3-5-8-19/h3-10,16-17,20H,11-15H2,1-2H3,(H,24,28)(H,25,27)/t17-/m1/s1. The number of piperidine rings is 1. The highest BCUT2D eigenvalue weighted by Gasteiger charge is 2.24. The monoisotopic (exact) mass is 379 g/mol. The van der Waals surface area contributed by atoms with Crippen LogP contribution in [0.3, 0.4) is 0 Å². The minimum Gasteiger partial charge on any atom is -0.331 e. The fourth-order valence-electron chi connectivity index (χ4n) is 3.74. The molecule has 5 heteroatoms. The van der Waals surface area contributed by atoms with Crippen molar-refractivity contribution in [3.63, 3.8) is 0 Å². The van der Waals surface area contributed by atoms with Crippen LogP contribution in [0.4, 0.5) is 10.5 Å². The van der Waals surface area contributed by atoms with E-state index in [-0.39, 0.29) is 18.0 Å². The number of amides is 3. The van der Waals surface area contributed by atoms with Crippen molar-refractivity contribution >= 4 is 17.6 Å². The van der Waals surface area contributed by atoms with Gasteiger partial charge in [-0.05, 0) is 55.4 Å². The molecule has 5 nitrogen and oxygen atoms in total. The zero-order chi connectivity index (χ0) is 19.9. The SMILES string of the molecule is CC(=O)Nc1cccc([C@@H](C)NC(=O)N2CCC(Cc3ccccc3)CC2)c1. The highest BCUT2D eigenvalue weighted by Crippen LogP contribution is 2.23. The second kappa shape index (κ2) is 9.40. The van der Waals surface area contributed by atoms with Crippen molar-refractivity contribution in [3.05, 3.63) is 65.7 Å².